The number of hydrogen-bond acceptors (Lipinski definition) is 7. The van der Waals surface area contributed by atoms with Crippen molar-refractivity contribution in [1.82, 2.24) is 39.9 Å². The standard InChI is InChI=1S/C33H31F4N9/c1-45(2)8-6-39-23-11-20(10-22(34)12-23)29-31-27(3-5-40-29)41-32(42-31)30-25-13-24(26(35)14-28(25)43-44-30)21-9-19(15-38-16-21)17-46-7-4-33(36,37)18-46/h3,5,9-16,39H,4,6-8,17-18H2,1-2H3,(H,41,42)(H,43,44). The normalized spacial score (nSPS) is 15.0. The molecule has 1 saturated heterocycles. The molecule has 3 N–H and O–H groups in total. The van der Waals surface area contributed by atoms with Crippen LogP contribution in [-0.2, 0) is 6.54 Å². The minimum absolute atomic E-state index is 0.175. The number of halogens is 4. The summed E-state index contributed by atoms with van der Waals surface area (Å²) < 4.78 is 57.5. The predicted octanol–water partition coefficient (Wildman–Crippen LogP) is 6.32. The molecule has 0 saturated carbocycles. The zero-order valence-electron chi connectivity index (χ0n) is 25.2. The number of hydrogen-bond donors (Lipinski definition) is 3. The van der Waals surface area contributed by atoms with E-state index in [9.17, 15) is 13.2 Å². The molecule has 6 aromatic rings. The molecule has 0 bridgehead atoms. The highest BCUT2D eigenvalue weighted by Crippen LogP contribution is 2.35. The lowest BCUT2D eigenvalue weighted by Crippen LogP contribution is -2.24. The van der Waals surface area contributed by atoms with E-state index < -0.39 is 17.6 Å². The topological polar surface area (TPSA) is 102 Å². The Morgan fingerprint density at radius 2 is 1.87 bits per heavy atom. The molecule has 0 amide bonds. The predicted molar refractivity (Wildman–Crippen MR) is 169 cm³/mol. The summed E-state index contributed by atoms with van der Waals surface area (Å²) in [6.45, 7) is 1.71. The summed E-state index contributed by atoms with van der Waals surface area (Å²) in [6.07, 6.45) is 4.61. The monoisotopic (exact) mass is 629 g/mol. The van der Waals surface area contributed by atoms with Crippen LogP contribution in [0.25, 0.3) is 55.8 Å². The summed E-state index contributed by atoms with van der Waals surface area (Å²) in [6, 6.07) is 11.3. The molecule has 4 aromatic heterocycles. The number of benzene rings is 2. The molecule has 1 aliphatic heterocycles. The molecule has 1 fully saturated rings. The van der Waals surface area contributed by atoms with Gasteiger partial charge in [0.2, 0.25) is 0 Å². The van der Waals surface area contributed by atoms with E-state index in [-0.39, 0.29) is 13.0 Å². The second-order valence-electron chi connectivity index (χ2n) is 11.9. The second kappa shape index (κ2) is 11.8. The Morgan fingerprint density at radius 1 is 1.00 bits per heavy atom. The number of fused-ring (bicyclic) bond motifs is 2. The zero-order valence-corrected chi connectivity index (χ0v) is 25.2. The molecule has 0 radical (unpaired) electrons. The Bertz CT molecular complexity index is 2050. The van der Waals surface area contributed by atoms with Gasteiger partial charge in [-0.05, 0) is 56.1 Å². The maximum absolute atomic E-state index is 15.4. The molecule has 1 aliphatic rings. The number of rotatable bonds is 9. The number of aromatic nitrogens is 6. The number of nitrogens with zero attached hydrogens (tertiary/aromatic N) is 6. The first-order valence-electron chi connectivity index (χ1n) is 14.9. The smallest absolute Gasteiger partial charge is 0.261 e. The Balaban J connectivity index is 1.22. The lowest BCUT2D eigenvalue weighted by Gasteiger charge is -2.16. The van der Waals surface area contributed by atoms with Crippen molar-refractivity contribution in [3.8, 4) is 33.9 Å². The lowest BCUT2D eigenvalue weighted by atomic mass is 10.0. The average molecular weight is 630 g/mol. The van der Waals surface area contributed by atoms with E-state index in [0.717, 1.165) is 6.54 Å². The van der Waals surface area contributed by atoms with E-state index in [1.54, 1.807) is 41.7 Å². The molecule has 13 heteroatoms. The minimum Gasteiger partial charge on any atom is -0.384 e. The molecule has 2 aromatic carbocycles. The highest BCUT2D eigenvalue weighted by Gasteiger charge is 2.38. The van der Waals surface area contributed by atoms with Gasteiger partial charge in [-0.2, -0.15) is 5.10 Å². The Labute approximate surface area is 261 Å². The molecule has 236 valence electrons. The van der Waals surface area contributed by atoms with Crippen LogP contribution in [0.3, 0.4) is 0 Å². The van der Waals surface area contributed by atoms with Gasteiger partial charge in [0.15, 0.2) is 5.82 Å². The van der Waals surface area contributed by atoms with Crippen LogP contribution in [0, 0.1) is 11.6 Å². The number of alkyl halides is 2. The lowest BCUT2D eigenvalue weighted by molar-refractivity contribution is 0.0115. The Kier molecular flexibility index (Phi) is 7.65. The molecule has 46 heavy (non-hydrogen) atoms. The Morgan fingerprint density at radius 3 is 2.67 bits per heavy atom. The number of likely N-dealkylation sites (N-methyl/N-ethyl adjacent to an activating group) is 1. The van der Waals surface area contributed by atoms with Crippen molar-refractivity contribution in [2.75, 3.05) is 45.6 Å². The van der Waals surface area contributed by atoms with Gasteiger partial charge >= 0.3 is 0 Å². The molecule has 7 rings (SSSR count). The van der Waals surface area contributed by atoms with Gasteiger partial charge in [-0.15, -0.1) is 0 Å². The van der Waals surface area contributed by atoms with Gasteiger partial charge in [-0.3, -0.25) is 20.0 Å². The molecule has 9 nitrogen and oxygen atoms in total. The van der Waals surface area contributed by atoms with Crippen LogP contribution in [0.2, 0.25) is 0 Å². The number of nitrogens with one attached hydrogen (secondary N) is 3. The van der Waals surface area contributed by atoms with Gasteiger partial charge in [0.1, 0.15) is 22.8 Å². The highest BCUT2D eigenvalue weighted by atomic mass is 19.3. The number of anilines is 1. The van der Waals surface area contributed by atoms with E-state index in [1.807, 2.05) is 25.1 Å². The van der Waals surface area contributed by atoms with Crippen LogP contribution in [0.5, 0.6) is 0 Å². The van der Waals surface area contributed by atoms with Crippen molar-refractivity contribution in [1.29, 1.82) is 0 Å². The van der Waals surface area contributed by atoms with Crippen LogP contribution in [0.1, 0.15) is 12.0 Å². The number of likely N-dealkylation sites (tertiary alicyclic amines) is 1. The number of imidazole rings is 1. The summed E-state index contributed by atoms with van der Waals surface area (Å²) in [4.78, 5) is 20.6. The van der Waals surface area contributed by atoms with Crippen molar-refractivity contribution < 1.29 is 17.6 Å². The fourth-order valence-corrected chi connectivity index (χ4v) is 5.87. The van der Waals surface area contributed by atoms with E-state index in [4.69, 9.17) is 4.98 Å². The van der Waals surface area contributed by atoms with E-state index in [2.05, 4.69) is 30.5 Å². The third-order valence-electron chi connectivity index (χ3n) is 8.10. The van der Waals surface area contributed by atoms with Crippen LogP contribution in [0.4, 0.5) is 23.2 Å². The zero-order chi connectivity index (χ0) is 32.0. The fourth-order valence-electron chi connectivity index (χ4n) is 5.87. The molecular formula is C33H31F4N9. The molecule has 0 unspecified atom stereocenters. The minimum atomic E-state index is -2.70. The van der Waals surface area contributed by atoms with Crippen molar-refractivity contribution in [3.05, 3.63) is 78.3 Å². The highest BCUT2D eigenvalue weighted by molar-refractivity contribution is 5.97. The van der Waals surface area contributed by atoms with Crippen LogP contribution in [-0.4, -0.2) is 86.1 Å². The maximum Gasteiger partial charge on any atom is 0.261 e. The van der Waals surface area contributed by atoms with Gasteiger partial charge in [0.25, 0.3) is 5.92 Å². The summed E-state index contributed by atoms with van der Waals surface area (Å²) in [5.41, 5.74) is 5.38. The molecule has 5 heterocycles. The van der Waals surface area contributed by atoms with Gasteiger partial charge < -0.3 is 15.2 Å². The van der Waals surface area contributed by atoms with Crippen LogP contribution >= 0.6 is 0 Å². The number of pyridine rings is 2. The number of H-pyrrole nitrogens is 2. The average Bonchev–Trinajstić information content (AvgIpc) is 3.72. The summed E-state index contributed by atoms with van der Waals surface area (Å²) in [7, 11) is 3.94. The Hall–Kier alpha value is -4.88. The van der Waals surface area contributed by atoms with Crippen LogP contribution < -0.4 is 5.32 Å². The second-order valence-corrected chi connectivity index (χ2v) is 11.9. The molecular weight excluding hydrogens is 598 g/mol. The summed E-state index contributed by atoms with van der Waals surface area (Å²) in [5.74, 6) is -3.15. The fraction of sp³-hybridized carbons (Fsp3) is 0.273. The van der Waals surface area contributed by atoms with Crippen molar-refractivity contribution >= 4 is 27.6 Å². The quantitative estimate of drug-likeness (QED) is 0.161. The third-order valence-corrected chi connectivity index (χ3v) is 8.10. The number of aromatic amines is 2. The van der Waals surface area contributed by atoms with Gasteiger partial charge in [0.05, 0.1) is 23.3 Å². The first-order valence-corrected chi connectivity index (χ1v) is 14.9. The van der Waals surface area contributed by atoms with Crippen molar-refractivity contribution in [3.63, 3.8) is 0 Å². The molecule has 0 spiro atoms. The molecule has 0 aliphatic carbocycles. The first-order chi connectivity index (χ1) is 22.1. The van der Waals surface area contributed by atoms with Gasteiger partial charge in [0, 0.05) is 85.0 Å². The molecule has 0 atom stereocenters. The largest absolute Gasteiger partial charge is 0.384 e. The van der Waals surface area contributed by atoms with E-state index >= 15 is 4.39 Å². The van der Waals surface area contributed by atoms with Crippen LogP contribution in [0.15, 0.2) is 61.1 Å². The third kappa shape index (κ3) is 6.03. The van der Waals surface area contributed by atoms with Crippen molar-refractivity contribution in [2.24, 2.45) is 0 Å². The SMILES string of the molecule is CN(C)CCNc1cc(F)cc(-c2nccc3[nH]c(-c4n[nH]c5cc(F)c(-c6cncc(CN7CCC(F)(F)C7)c6)cc45)nc23)c1. The summed E-state index contributed by atoms with van der Waals surface area (Å²) >= 11 is 0. The summed E-state index contributed by atoms with van der Waals surface area (Å²) in [5, 5.41) is 11.2. The van der Waals surface area contributed by atoms with Crippen molar-refractivity contribution in [2.45, 2.75) is 18.9 Å². The maximum atomic E-state index is 15.4. The van der Waals surface area contributed by atoms with Gasteiger partial charge in [-0.1, -0.05) is 0 Å². The van der Waals surface area contributed by atoms with E-state index in [0.29, 0.717) is 86.7 Å². The van der Waals surface area contributed by atoms with E-state index in [1.165, 1.54) is 18.2 Å². The van der Waals surface area contributed by atoms with Gasteiger partial charge in [-0.25, -0.2) is 22.5 Å². The first kappa shape index (κ1) is 29.8.